The number of piperazine rings is 1. The molecular formula is C20H20ClN3OS2. The highest BCUT2D eigenvalue weighted by molar-refractivity contribution is 7.10. The first-order chi connectivity index (χ1) is 13.2. The van der Waals surface area contributed by atoms with Crippen molar-refractivity contribution in [2.45, 2.75) is 13.0 Å². The van der Waals surface area contributed by atoms with Gasteiger partial charge in [-0.15, -0.1) is 22.7 Å². The number of hydrogen-bond acceptors (Lipinski definition) is 5. The van der Waals surface area contributed by atoms with Crippen molar-refractivity contribution in [1.82, 2.24) is 14.8 Å². The van der Waals surface area contributed by atoms with E-state index in [9.17, 15) is 4.79 Å². The second-order valence-corrected chi connectivity index (χ2v) is 8.96. The summed E-state index contributed by atoms with van der Waals surface area (Å²) in [5, 5.41) is 5.96. The number of thiophene rings is 1. The molecule has 1 aliphatic rings. The van der Waals surface area contributed by atoms with Gasteiger partial charge in [-0.25, -0.2) is 4.98 Å². The molecule has 0 bridgehead atoms. The Morgan fingerprint density at radius 2 is 1.85 bits per heavy atom. The van der Waals surface area contributed by atoms with Crippen molar-refractivity contribution in [3.05, 3.63) is 62.1 Å². The molecule has 3 heterocycles. The molecule has 1 amide bonds. The predicted octanol–water partition coefficient (Wildman–Crippen LogP) is 4.41. The smallest absolute Gasteiger partial charge is 0.227 e. The molecule has 1 aliphatic heterocycles. The van der Waals surface area contributed by atoms with E-state index in [1.54, 1.807) is 22.7 Å². The third kappa shape index (κ3) is 4.76. The van der Waals surface area contributed by atoms with E-state index < -0.39 is 0 Å². The highest BCUT2D eigenvalue weighted by atomic mass is 35.5. The number of aromatic nitrogens is 1. The summed E-state index contributed by atoms with van der Waals surface area (Å²) >= 11 is 9.29. The first-order valence-corrected chi connectivity index (χ1v) is 11.0. The zero-order valence-electron chi connectivity index (χ0n) is 14.8. The zero-order valence-corrected chi connectivity index (χ0v) is 17.2. The number of hydrogen-bond donors (Lipinski definition) is 0. The molecule has 7 heteroatoms. The highest BCUT2D eigenvalue weighted by Crippen LogP contribution is 2.24. The van der Waals surface area contributed by atoms with Gasteiger partial charge >= 0.3 is 0 Å². The number of rotatable bonds is 5. The van der Waals surface area contributed by atoms with E-state index in [2.05, 4.69) is 10.3 Å². The average Bonchev–Trinajstić information content (AvgIpc) is 3.35. The number of nitrogens with zero attached hydrogens (tertiary/aromatic N) is 3. The second-order valence-electron chi connectivity index (χ2n) is 6.55. The van der Waals surface area contributed by atoms with Gasteiger partial charge in [-0.05, 0) is 23.6 Å². The molecular weight excluding hydrogens is 398 g/mol. The van der Waals surface area contributed by atoms with Gasteiger partial charge in [0.15, 0.2) is 0 Å². The summed E-state index contributed by atoms with van der Waals surface area (Å²) in [5.41, 5.74) is 2.09. The molecule has 3 aromatic rings. The summed E-state index contributed by atoms with van der Waals surface area (Å²) in [4.78, 5) is 22.7. The maximum atomic E-state index is 12.4. The molecule has 0 N–H and O–H groups in total. The van der Waals surface area contributed by atoms with Gasteiger partial charge in [-0.1, -0.05) is 29.8 Å². The predicted molar refractivity (Wildman–Crippen MR) is 112 cm³/mol. The molecule has 2 aromatic heterocycles. The number of carbonyl (C=O) groups excluding carboxylic acids is 1. The van der Waals surface area contributed by atoms with Gasteiger partial charge in [0.25, 0.3) is 0 Å². The van der Waals surface area contributed by atoms with Crippen LogP contribution in [0.4, 0.5) is 0 Å². The molecule has 0 radical (unpaired) electrons. The molecule has 1 fully saturated rings. The Morgan fingerprint density at radius 3 is 2.56 bits per heavy atom. The molecule has 0 unspecified atom stereocenters. The molecule has 0 atom stereocenters. The average molecular weight is 418 g/mol. The van der Waals surface area contributed by atoms with E-state index in [1.165, 1.54) is 0 Å². The van der Waals surface area contributed by atoms with Crippen molar-refractivity contribution in [2.75, 3.05) is 26.2 Å². The summed E-state index contributed by atoms with van der Waals surface area (Å²) in [6.07, 6.45) is 0.522. The molecule has 1 saturated heterocycles. The fourth-order valence-corrected chi connectivity index (χ4v) is 4.82. The number of benzene rings is 1. The molecule has 0 aliphatic carbocycles. The Balaban J connectivity index is 1.29. The lowest BCUT2D eigenvalue weighted by Crippen LogP contribution is -2.48. The quantitative estimate of drug-likeness (QED) is 0.616. The SMILES string of the molecule is O=C(Cc1cccs1)N1CCN(Cc2nc(-c3ccc(Cl)cc3)cs2)CC1. The standard InChI is InChI=1S/C20H20ClN3OS2/c21-16-5-3-15(4-6-16)18-14-27-19(22-18)13-23-7-9-24(10-8-23)20(25)12-17-2-1-11-26-17/h1-6,11,14H,7-10,12-13H2. The monoisotopic (exact) mass is 417 g/mol. The van der Waals surface area contributed by atoms with E-state index in [0.717, 1.165) is 58.9 Å². The lowest BCUT2D eigenvalue weighted by atomic mass is 10.2. The van der Waals surface area contributed by atoms with Crippen molar-refractivity contribution in [1.29, 1.82) is 0 Å². The van der Waals surface area contributed by atoms with Crippen LogP contribution in [0.2, 0.25) is 5.02 Å². The van der Waals surface area contributed by atoms with E-state index >= 15 is 0 Å². The molecule has 0 saturated carbocycles. The fourth-order valence-electron chi connectivity index (χ4n) is 3.16. The Kier molecular flexibility index (Phi) is 5.88. The first kappa shape index (κ1) is 18.6. The highest BCUT2D eigenvalue weighted by Gasteiger charge is 2.22. The largest absolute Gasteiger partial charge is 0.340 e. The topological polar surface area (TPSA) is 36.4 Å². The summed E-state index contributed by atoms with van der Waals surface area (Å²) in [6.45, 7) is 4.21. The Morgan fingerprint density at radius 1 is 1.07 bits per heavy atom. The van der Waals surface area contributed by atoms with Crippen molar-refractivity contribution < 1.29 is 4.79 Å². The van der Waals surface area contributed by atoms with Gasteiger partial charge in [0.1, 0.15) is 5.01 Å². The Bertz CT molecular complexity index is 884. The summed E-state index contributed by atoms with van der Waals surface area (Å²) in [7, 11) is 0. The third-order valence-corrected chi connectivity index (χ3v) is 6.64. The first-order valence-electron chi connectivity index (χ1n) is 8.90. The van der Waals surface area contributed by atoms with Crippen LogP contribution in [0.15, 0.2) is 47.2 Å². The van der Waals surface area contributed by atoms with Crippen LogP contribution in [0.25, 0.3) is 11.3 Å². The van der Waals surface area contributed by atoms with E-state index in [0.29, 0.717) is 6.42 Å². The minimum absolute atomic E-state index is 0.233. The van der Waals surface area contributed by atoms with E-state index in [-0.39, 0.29) is 5.91 Å². The summed E-state index contributed by atoms with van der Waals surface area (Å²) in [5.74, 6) is 0.233. The molecule has 1 aromatic carbocycles. The Labute approximate surface area is 172 Å². The van der Waals surface area contributed by atoms with Crippen molar-refractivity contribution >= 4 is 40.2 Å². The van der Waals surface area contributed by atoms with E-state index in [1.807, 2.05) is 46.7 Å². The third-order valence-electron chi connectivity index (χ3n) is 4.68. The lowest BCUT2D eigenvalue weighted by Gasteiger charge is -2.34. The minimum Gasteiger partial charge on any atom is -0.340 e. The molecule has 4 nitrogen and oxygen atoms in total. The lowest BCUT2D eigenvalue weighted by molar-refractivity contribution is -0.132. The van der Waals surface area contributed by atoms with Gasteiger partial charge in [-0.3, -0.25) is 9.69 Å². The molecule has 140 valence electrons. The van der Waals surface area contributed by atoms with E-state index in [4.69, 9.17) is 16.6 Å². The number of halogens is 1. The van der Waals surface area contributed by atoms with Crippen LogP contribution in [0, 0.1) is 0 Å². The normalized spacial score (nSPS) is 15.2. The van der Waals surface area contributed by atoms with Crippen LogP contribution in [-0.2, 0) is 17.8 Å². The molecule has 0 spiro atoms. The fraction of sp³-hybridized carbons (Fsp3) is 0.300. The maximum Gasteiger partial charge on any atom is 0.227 e. The number of amides is 1. The van der Waals surface area contributed by atoms with Crippen LogP contribution in [0.3, 0.4) is 0 Å². The van der Waals surface area contributed by atoms with Gasteiger partial charge in [-0.2, -0.15) is 0 Å². The van der Waals surface area contributed by atoms with Crippen molar-refractivity contribution in [3.63, 3.8) is 0 Å². The minimum atomic E-state index is 0.233. The van der Waals surface area contributed by atoms with Gasteiger partial charge < -0.3 is 4.90 Å². The number of thiazole rings is 1. The molecule has 4 rings (SSSR count). The second kappa shape index (κ2) is 8.52. The van der Waals surface area contributed by atoms with Crippen LogP contribution >= 0.6 is 34.3 Å². The van der Waals surface area contributed by atoms with Crippen LogP contribution in [0.1, 0.15) is 9.88 Å². The van der Waals surface area contributed by atoms with Crippen LogP contribution in [0.5, 0.6) is 0 Å². The zero-order chi connectivity index (χ0) is 18.6. The summed E-state index contributed by atoms with van der Waals surface area (Å²) in [6, 6.07) is 11.8. The molecule has 27 heavy (non-hydrogen) atoms. The van der Waals surface area contributed by atoms with Gasteiger partial charge in [0.05, 0.1) is 18.7 Å². The summed E-state index contributed by atoms with van der Waals surface area (Å²) < 4.78 is 0. The number of carbonyl (C=O) groups is 1. The Hall–Kier alpha value is -1.73. The van der Waals surface area contributed by atoms with Crippen LogP contribution < -0.4 is 0 Å². The van der Waals surface area contributed by atoms with Crippen molar-refractivity contribution in [3.8, 4) is 11.3 Å². The maximum absolute atomic E-state index is 12.4. The van der Waals surface area contributed by atoms with Gasteiger partial charge in [0, 0.05) is 47.0 Å². The van der Waals surface area contributed by atoms with Crippen LogP contribution in [-0.4, -0.2) is 46.9 Å². The van der Waals surface area contributed by atoms with Crippen molar-refractivity contribution in [2.24, 2.45) is 0 Å². The van der Waals surface area contributed by atoms with Gasteiger partial charge in [0.2, 0.25) is 5.91 Å².